The molecular weight excluding hydrogens is 220 g/mol. The monoisotopic (exact) mass is 234 g/mol. The minimum absolute atomic E-state index is 0.0172. The molecule has 1 N–H and O–H groups in total. The Hall–Kier alpha value is -1.13. The molecule has 0 aliphatic rings. The third-order valence-electron chi connectivity index (χ3n) is 2.02. The smallest absolute Gasteiger partial charge is 0.324 e. The highest BCUT2D eigenvalue weighted by atomic mass is 32.2. The minimum Gasteiger partial charge on any atom is -0.480 e. The molecule has 0 aromatic rings. The van der Waals surface area contributed by atoms with Crippen molar-refractivity contribution in [3.8, 4) is 6.07 Å². The van der Waals surface area contributed by atoms with E-state index in [0.29, 0.717) is 0 Å². The highest BCUT2D eigenvalue weighted by Crippen LogP contribution is 2.19. The summed E-state index contributed by atoms with van der Waals surface area (Å²) in [5.74, 6) is -1.96. The van der Waals surface area contributed by atoms with Gasteiger partial charge >= 0.3 is 5.97 Å². The summed E-state index contributed by atoms with van der Waals surface area (Å²) >= 11 is 0. The van der Waals surface area contributed by atoms with Gasteiger partial charge in [-0.1, -0.05) is 6.92 Å². The van der Waals surface area contributed by atoms with Gasteiger partial charge in [0.05, 0.1) is 6.07 Å². The Bertz CT molecular complexity index is 380. The van der Waals surface area contributed by atoms with Crippen molar-refractivity contribution in [2.45, 2.75) is 26.3 Å². The van der Waals surface area contributed by atoms with Crippen LogP contribution in [0.15, 0.2) is 0 Å². The van der Waals surface area contributed by atoms with Crippen LogP contribution in [0.3, 0.4) is 0 Å². The molecule has 86 valence electrons. The van der Waals surface area contributed by atoms with E-state index in [4.69, 9.17) is 10.4 Å². The second-order valence-electron chi connectivity index (χ2n) is 3.44. The summed E-state index contributed by atoms with van der Waals surface area (Å²) in [6.07, 6.45) is 0. The highest BCUT2D eigenvalue weighted by molar-refractivity contribution is 7.89. The van der Waals surface area contributed by atoms with Crippen molar-refractivity contribution >= 4 is 16.0 Å². The van der Waals surface area contributed by atoms with Crippen molar-refractivity contribution in [1.82, 2.24) is 4.31 Å². The van der Waals surface area contributed by atoms with Gasteiger partial charge in [-0.3, -0.25) is 4.79 Å². The molecule has 0 saturated heterocycles. The van der Waals surface area contributed by atoms with E-state index < -0.39 is 27.3 Å². The van der Waals surface area contributed by atoms with Gasteiger partial charge in [0.2, 0.25) is 10.0 Å². The number of carboxylic acid groups (broad SMARTS) is 1. The number of rotatable bonds is 5. The summed E-state index contributed by atoms with van der Waals surface area (Å²) in [5, 5.41) is 17.2. The normalized spacial score (nSPS) is 12.5. The maximum atomic E-state index is 11.6. The number of carbonyl (C=O) groups is 1. The van der Waals surface area contributed by atoms with E-state index in [2.05, 4.69) is 0 Å². The molecule has 0 aromatic heterocycles. The molecule has 0 unspecified atom stereocenters. The van der Waals surface area contributed by atoms with Crippen LogP contribution in [0.1, 0.15) is 20.8 Å². The van der Waals surface area contributed by atoms with E-state index in [9.17, 15) is 13.2 Å². The molecule has 6 nitrogen and oxygen atoms in total. The fourth-order valence-electron chi connectivity index (χ4n) is 1.21. The maximum absolute atomic E-state index is 11.6. The van der Waals surface area contributed by atoms with Gasteiger partial charge < -0.3 is 5.11 Å². The fourth-order valence-corrected chi connectivity index (χ4v) is 2.69. The number of likely N-dealkylation sites (N-methyl/N-ethyl adjacent to an activating group) is 1. The van der Waals surface area contributed by atoms with Crippen LogP contribution in [0.2, 0.25) is 0 Å². The van der Waals surface area contributed by atoms with Gasteiger partial charge in [-0.25, -0.2) is 8.42 Å². The van der Waals surface area contributed by atoms with Crippen molar-refractivity contribution in [3.05, 3.63) is 0 Å². The van der Waals surface area contributed by atoms with Gasteiger partial charge in [-0.05, 0) is 13.8 Å². The van der Waals surface area contributed by atoms with E-state index in [0.717, 1.165) is 4.31 Å². The summed E-state index contributed by atoms with van der Waals surface area (Å²) in [4.78, 5) is 10.9. The number of carboxylic acids is 1. The van der Waals surface area contributed by atoms with E-state index in [1.54, 1.807) is 0 Å². The lowest BCUT2D eigenvalue weighted by molar-refractivity contribution is -0.146. The number of nitriles is 1. The van der Waals surface area contributed by atoms with Crippen molar-refractivity contribution < 1.29 is 18.3 Å². The van der Waals surface area contributed by atoms with Crippen LogP contribution in [0.4, 0.5) is 0 Å². The van der Waals surface area contributed by atoms with Gasteiger partial charge in [0.15, 0.2) is 5.75 Å². The van der Waals surface area contributed by atoms with E-state index in [1.165, 1.54) is 26.8 Å². The van der Waals surface area contributed by atoms with E-state index in [-0.39, 0.29) is 6.54 Å². The molecule has 0 saturated carbocycles. The largest absolute Gasteiger partial charge is 0.480 e. The van der Waals surface area contributed by atoms with Gasteiger partial charge in [0.1, 0.15) is 5.54 Å². The third-order valence-corrected chi connectivity index (χ3v) is 3.90. The Kier molecular flexibility index (Phi) is 4.25. The molecule has 0 aromatic carbocycles. The topological polar surface area (TPSA) is 98.5 Å². The highest BCUT2D eigenvalue weighted by Gasteiger charge is 2.40. The first-order valence-electron chi connectivity index (χ1n) is 4.31. The zero-order valence-corrected chi connectivity index (χ0v) is 9.71. The number of sulfonamides is 1. The summed E-state index contributed by atoms with van der Waals surface area (Å²) in [6.45, 7) is 4.12. The van der Waals surface area contributed by atoms with Crippen molar-refractivity contribution in [1.29, 1.82) is 5.26 Å². The molecule has 0 atom stereocenters. The maximum Gasteiger partial charge on any atom is 0.324 e. The molecular formula is C8H14N2O4S. The Morgan fingerprint density at radius 3 is 2.27 bits per heavy atom. The molecule has 0 heterocycles. The zero-order chi connectivity index (χ0) is 12.3. The average Bonchev–Trinajstić information content (AvgIpc) is 2.03. The van der Waals surface area contributed by atoms with Crippen LogP contribution in [0.5, 0.6) is 0 Å². The summed E-state index contributed by atoms with van der Waals surface area (Å²) < 4.78 is 23.9. The Labute approximate surface area is 89.2 Å². The molecule has 0 spiro atoms. The van der Waals surface area contributed by atoms with Crippen LogP contribution in [-0.4, -0.2) is 41.6 Å². The molecule has 7 heteroatoms. The minimum atomic E-state index is -3.83. The lowest BCUT2D eigenvalue weighted by Crippen LogP contribution is -2.53. The second-order valence-corrected chi connectivity index (χ2v) is 5.34. The molecule has 0 bridgehead atoms. The number of nitrogens with zero attached hydrogens (tertiary/aromatic N) is 2. The molecule has 0 radical (unpaired) electrons. The zero-order valence-electron chi connectivity index (χ0n) is 8.89. The standard InChI is InChI=1S/C8H14N2O4S/c1-4-10(8(2,3)7(11)12)15(13,14)6-5-9/h4,6H2,1-3H3,(H,11,12). The third kappa shape index (κ3) is 2.91. The van der Waals surface area contributed by atoms with Crippen LogP contribution < -0.4 is 0 Å². The second kappa shape index (κ2) is 4.59. The molecule has 0 aliphatic carbocycles. The number of aliphatic carboxylic acids is 1. The van der Waals surface area contributed by atoms with Gasteiger partial charge in [-0.2, -0.15) is 9.57 Å². The van der Waals surface area contributed by atoms with Crippen LogP contribution in [0.25, 0.3) is 0 Å². The molecule has 15 heavy (non-hydrogen) atoms. The lowest BCUT2D eigenvalue weighted by atomic mass is 10.1. The van der Waals surface area contributed by atoms with E-state index >= 15 is 0 Å². The quantitative estimate of drug-likeness (QED) is 0.723. The summed E-state index contributed by atoms with van der Waals surface area (Å²) in [5.41, 5.74) is -1.54. The number of hydrogen-bond donors (Lipinski definition) is 1. The summed E-state index contributed by atoms with van der Waals surface area (Å²) in [6, 6.07) is 1.51. The first-order chi connectivity index (χ1) is 6.70. The molecule has 0 aliphatic heterocycles. The number of hydrogen-bond acceptors (Lipinski definition) is 4. The fraction of sp³-hybridized carbons (Fsp3) is 0.750. The lowest BCUT2D eigenvalue weighted by Gasteiger charge is -2.32. The predicted octanol–water partition coefficient (Wildman–Crippen LogP) is 0.0249. The van der Waals surface area contributed by atoms with Crippen molar-refractivity contribution in [2.24, 2.45) is 0 Å². The first-order valence-corrected chi connectivity index (χ1v) is 5.92. The van der Waals surface area contributed by atoms with Crippen molar-refractivity contribution in [3.63, 3.8) is 0 Å². The summed E-state index contributed by atoms with van der Waals surface area (Å²) in [7, 11) is -3.83. The van der Waals surface area contributed by atoms with Crippen LogP contribution in [0, 0.1) is 11.3 Å². The molecule has 0 amide bonds. The Morgan fingerprint density at radius 2 is 2.00 bits per heavy atom. The average molecular weight is 234 g/mol. The molecule has 0 fully saturated rings. The SMILES string of the molecule is CCN(C(C)(C)C(=O)O)S(=O)(=O)CC#N. The predicted molar refractivity (Wildman–Crippen MR) is 53.5 cm³/mol. The Balaban J connectivity index is 5.29. The first kappa shape index (κ1) is 13.9. The van der Waals surface area contributed by atoms with Gasteiger partial charge in [-0.15, -0.1) is 0 Å². The van der Waals surface area contributed by atoms with Crippen LogP contribution in [-0.2, 0) is 14.8 Å². The van der Waals surface area contributed by atoms with Crippen molar-refractivity contribution in [2.75, 3.05) is 12.3 Å². The van der Waals surface area contributed by atoms with E-state index in [1.807, 2.05) is 0 Å². The van der Waals surface area contributed by atoms with Crippen LogP contribution >= 0.6 is 0 Å². The van der Waals surface area contributed by atoms with Gasteiger partial charge in [0, 0.05) is 6.54 Å². The molecule has 0 rings (SSSR count). The Morgan fingerprint density at radius 1 is 1.53 bits per heavy atom. The van der Waals surface area contributed by atoms with Gasteiger partial charge in [0.25, 0.3) is 0 Å².